The number of nitrogens with one attached hydrogen (secondary N) is 2. The molecule has 0 radical (unpaired) electrons. The summed E-state index contributed by atoms with van der Waals surface area (Å²) in [4.78, 5) is 84.5. The number of carbonyl (C=O) groups excluding carboxylic acids is 6. The summed E-state index contributed by atoms with van der Waals surface area (Å²) < 4.78 is 48.5. The molecular weight excluding hydrogens is 869 g/mol. The van der Waals surface area contributed by atoms with Gasteiger partial charge in [0.25, 0.3) is 0 Å². The van der Waals surface area contributed by atoms with Crippen LogP contribution < -0.4 is 10.6 Å². The number of alkyl carbamates (subject to hydrolysis) is 1. The highest BCUT2D eigenvalue weighted by molar-refractivity contribution is 5.95. The quantitative estimate of drug-likeness (QED) is 0.0658. The number of carbonyl (C=O) groups is 6. The van der Waals surface area contributed by atoms with Gasteiger partial charge in [-0.05, 0) is 65.3 Å². The second-order valence-corrected chi connectivity index (χ2v) is 18.6. The van der Waals surface area contributed by atoms with Crippen LogP contribution in [0.5, 0.6) is 0 Å². The van der Waals surface area contributed by atoms with Crippen LogP contribution >= 0.6 is 0 Å². The minimum absolute atomic E-state index is 0. The number of allylic oxidation sites excluding steroid dienone is 1. The Labute approximate surface area is 395 Å². The SMILES string of the molecule is C.C=C/C(=C\C)C(=O)O[C@H]1C2[C@](C)(C(=O)[C@H](OC)C3=C(C)[C@@H](OC(=O)[C@H](OC(=O)CNC)[C@@H](NC(=O)OC(C)(C)C)c4ccccc4)C[C@]1(O)C3(C)C)[C@@H](OC)C[C@H]1OC[C@@]21OC(C)=O.CC. The number of benzene rings is 1. The summed E-state index contributed by atoms with van der Waals surface area (Å²) in [6.07, 6.45) is -6.71. The van der Waals surface area contributed by atoms with E-state index in [4.69, 9.17) is 37.9 Å². The summed E-state index contributed by atoms with van der Waals surface area (Å²) in [5, 5.41) is 19.2. The van der Waals surface area contributed by atoms with Crippen LogP contribution in [0.25, 0.3) is 0 Å². The van der Waals surface area contributed by atoms with E-state index in [0.717, 1.165) is 0 Å². The van der Waals surface area contributed by atoms with Gasteiger partial charge in [0, 0.05) is 39.4 Å². The van der Waals surface area contributed by atoms with Crippen molar-refractivity contribution in [1.29, 1.82) is 0 Å². The first-order valence-corrected chi connectivity index (χ1v) is 22.4. The van der Waals surface area contributed by atoms with E-state index in [-0.39, 0.29) is 38.1 Å². The number of fused-ring (bicyclic) bond motifs is 5. The molecule has 1 aromatic rings. The van der Waals surface area contributed by atoms with Crippen molar-refractivity contribution < 1.29 is 71.8 Å². The predicted octanol–water partition coefficient (Wildman–Crippen LogP) is 5.82. The Morgan fingerprint density at radius 1 is 1.03 bits per heavy atom. The minimum Gasteiger partial charge on any atom is -0.455 e. The number of hydrogen-bond acceptors (Lipinski definition) is 16. The van der Waals surface area contributed by atoms with E-state index in [9.17, 15) is 29.1 Å². The number of aliphatic hydroxyl groups is 1. The van der Waals surface area contributed by atoms with Gasteiger partial charge in [-0.3, -0.25) is 14.4 Å². The van der Waals surface area contributed by atoms with E-state index in [1.54, 1.807) is 85.7 Å². The molecule has 67 heavy (non-hydrogen) atoms. The second kappa shape index (κ2) is 22.0. The lowest BCUT2D eigenvalue weighted by molar-refractivity contribution is -0.348. The molecule has 17 heteroatoms. The normalized spacial score (nSPS) is 30.5. The highest BCUT2D eigenvalue weighted by atomic mass is 16.6. The van der Waals surface area contributed by atoms with E-state index in [1.165, 1.54) is 40.3 Å². The second-order valence-electron chi connectivity index (χ2n) is 18.6. The average Bonchev–Trinajstić information content (AvgIpc) is 3.24. The van der Waals surface area contributed by atoms with Gasteiger partial charge in [-0.15, -0.1) is 0 Å². The van der Waals surface area contributed by atoms with Crippen LogP contribution in [0, 0.1) is 16.7 Å². The number of ether oxygens (including phenoxy) is 8. The fraction of sp³-hybridized carbons (Fsp3) is 0.640. The van der Waals surface area contributed by atoms with Crippen LogP contribution in [0.2, 0.25) is 0 Å². The van der Waals surface area contributed by atoms with E-state index >= 15 is 4.79 Å². The number of rotatable bonds is 14. The first-order chi connectivity index (χ1) is 30.9. The number of esters is 4. The third kappa shape index (κ3) is 10.6. The monoisotopic (exact) mass is 943 g/mol. The maximum Gasteiger partial charge on any atom is 0.408 e. The highest BCUT2D eigenvalue weighted by Crippen LogP contribution is 2.64. The molecule has 2 bridgehead atoms. The Morgan fingerprint density at radius 3 is 2.15 bits per heavy atom. The van der Waals surface area contributed by atoms with E-state index in [0.29, 0.717) is 11.1 Å². The molecule has 3 N–H and O–H groups in total. The zero-order valence-corrected chi connectivity index (χ0v) is 40.9. The molecule has 17 nitrogen and oxygen atoms in total. The third-order valence-electron chi connectivity index (χ3n) is 13.3. The standard InChI is InChI=1S/C47H64N2O15.C2H6.CH4/c1-14-27(15-2)40(53)62-39-37-45(10,30(57-12)21-31-46(37,24-59-31)63-26(4)50)38(52)35(58-13)33-25(3)29(22-47(39,56)44(33,8)9)60-41(54)36(61-32(51)23-48-11)34(28-19-17-16-18-20-28)49-42(55)64-43(5,6)7;1-2;/h14-20,29-31,34-37,39,48,56H,1,21-24H2,2-13H3,(H,49,55);1-2H3;1H4/b27-15+;;/t29-,30-,31+,34-,35+,36+,37?,39-,45+,46-,47+;;/m0../s1. The van der Waals surface area contributed by atoms with Crippen molar-refractivity contribution in [2.24, 2.45) is 16.7 Å². The molecule has 1 aromatic carbocycles. The largest absolute Gasteiger partial charge is 0.455 e. The van der Waals surface area contributed by atoms with Gasteiger partial charge in [0.2, 0.25) is 6.10 Å². The summed E-state index contributed by atoms with van der Waals surface area (Å²) in [5.41, 5.74) is -7.14. The smallest absolute Gasteiger partial charge is 0.408 e. The van der Waals surface area contributed by atoms with Gasteiger partial charge in [0.15, 0.2) is 11.4 Å². The maximum absolute atomic E-state index is 15.6. The van der Waals surface area contributed by atoms with Crippen molar-refractivity contribution in [2.75, 3.05) is 34.4 Å². The first kappa shape index (κ1) is 56.4. The minimum atomic E-state index is -2.28. The molecular formula is C50H74N2O15. The molecule has 3 fully saturated rings. The van der Waals surface area contributed by atoms with Crippen LogP contribution in [-0.4, -0.2) is 129 Å². The molecule has 1 unspecified atom stereocenters. The molecule has 2 saturated carbocycles. The molecule has 1 saturated heterocycles. The van der Waals surface area contributed by atoms with Gasteiger partial charge in [0.1, 0.15) is 41.7 Å². The van der Waals surface area contributed by atoms with Crippen molar-refractivity contribution >= 4 is 35.8 Å². The van der Waals surface area contributed by atoms with Crippen molar-refractivity contribution in [2.45, 2.75) is 156 Å². The molecule has 4 aliphatic rings. The lowest BCUT2D eigenvalue weighted by Crippen LogP contribution is -2.82. The van der Waals surface area contributed by atoms with Crippen LogP contribution in [0.1, 0.15) is 108 Å². The van der Waals surface area contributed by atoms with Gasteiger partial charge in [0.05, 0.1) is 36.2 Å². The van der Waals surface area contributed by atoms with Crippen LogP contribution in [0.4, 0.5) is 4.79 Å². The number of ketones is 1. The third-order valence-corrected chi connectivity index (χ3v) is 13.3. The van der Waals surface area contributed by atoms with Gasteiger partial charge < -0.3 is 53.6 Å². The highest BCUT2D eigenvalue weighted by Gasteiger charge is 2.78. The first-order valence-electron chi connectivity index (χ1n) is 22.4. The van der Waals surface area contributed by atoms with Gasteiger partial charge in [-0.1, -0.05) is 84.2 Å². The Kier molecular flexibility index (Phi) is 18.5. The summed E-state index contributed by atoms with van der Waals surface area (Å²) in [5.74, 6) is -5.51. The number of hydrogen-bond donors (Lipinski definition) is 3. The summed E-state index contributed by atoms with van der Waals surface area (Å²) in [6, 6.07) is 6.93. The Morgan fingerprint density at radius 2 is 1.66 bits per heavy atom. The topological polar surface area (TPSA) is 221 Å². The van der Waals surface area contributed by atoms with Gasteiger partial charge in [-0.25, -0.2) is 14.4 Å². The molecule has 0 aromatic heterocycles. The molecule has 5 rings (SSSR count). The molecule has 3 aliphatic carbocycles. The number of likely N-dealkylation sites (N-methyl/N-ethyl adjacent to an activating group) is 1. The van der Waals surface area contributed by atoms with Gasteiger partial charge in [-0.2, -0.15) is 0 Å². The molecule has 1 heterocycles. The zero-order chi connectivity index (χ0) is 49.7. The lowest BCUT2D eigenvalue weighted by atomic mass is 9.44. The van der Waals surface area contributed by atoms with Crippen LogP contribution in [0.15, 0.2) is 65.8 Å². The van der Waals surface area contributed by atoms with E-state index < -0.39 is 118 Å². The number of amides is 1. The van der Waals surface area contributed by atoms with Crippen LogP contribution in [0.3, 0.4) is 0 Å². The number of methoxy groups -OCH3 is 2. The molecule has 374 valence electrons. The zero-order valence-electron chi connectivity index (χ0n) is 40.9. The summed E-state index contributed by atoms with van der Waals surface area (Å²) in [7, 11) is 4.27. The van der Waals surface area contributed by atoms with E-state index in [1.807, 2.05) is 13.8 Å². The summed E-state index contributed by atoms with van der Waals surface area (Å²) >= 11 is 0. The molecule has 1 aliphatic heterocycles. The van der Waals surface area contributed by atoms with Crippen LogP contribution in [-0.2, 0) is 61.9 Å². The Bertz CT molecular complexity index is 2060. The lowest BCUT2D eigenvalue weighted by Gasteiger charge is -2.67. The van der Waals surface area contributed by atoms with Crippen molar-refractivity contribution in [1.82, 2.24) is 10.6 Å². The van der Waals surface area contributed by atoms with Crippen molar-refractivity contribution in [3.8, 4) is 0 Å². The molecule has 0 spiro atoms. The fourth-order valence-corrected chi connectivity index (χ4v) is 10.2. The van der Waals surface area contributed by atoms with Crippen molar-refractivity contribution in [3.63, 3.8) is 0 Å². The Balaban J connectivity index is 0.00000391. The fourth-order valence-electron chi connectivity index (χ4n) is 10.2. The Hall–Kier alpha value is -4.94. The average molecular weight is 943 g/mol. The van der Waals surface area contributed by atoms with E-state index in [2.05, 4.69) is 17.2 Å². The summed E-state index contributed by atoms with van der Waals surface area (Å²) in [6.45, 7) is 21.6. The van der Waals surface area contributed by atoms with Crippen molar-refractivity contribution in [3.05, 3.63) is 71.3 Å². The molecule has 11 atom stereocenters. The molecule has 1 amide bonds. The maximum atomic E-state index is 15.6. The predicted molar refractivity (Wildman–Crippen MR) is 247 cm³/mol. The number of Topliss-reactive ketones (excluding diaryl/α,β-unsaturated/α-hetero) is 1. The van der Waals surface area contributed by atoms with Gasteiger partial charge >= 0.3 is 30.0 Å².